The van der Waals surface area contributed by atoms with Crippen molar-refractivity contribution in [2.75, 3.05) is 0 Å². The molecule has 0 aliphatic rings. The summed E-state index contributed by atoms with van der Waals surface area (Å²) in [6.45, 7) is 4.29. The number of carboxylic acids is 1. The molecule has 1 atom stereocenters. The zero-order valence-corrected chi connectivity index (χ0v) is 14.7. The summed E-state index contributed by atoms with van der Waals surface area (Å²) in [5, 5.41) is 12.5. The Bertz CT molecular complexity index is 797. The predicted octanol–water partition coefficient (Wildman–Crippen LogP) is 3.31. The molecule has 0 radical (unpaired) electrons. The van der Waals surface area contributed by atoms with Crippen LogP contribution in [0.15, 0.2) is 41.3 Å². The number of sulfone groups is 1. The van der Waals surface area contributed by atoms with E-state index < -0.39 is 21.1 Å². The van der Waals surface area contributed by atoms with Crippen LogP contribution in [0.4, 0.5) is 0 Å². The van der Waals surface area contributed by atoms with Crippen molar-refractivity contribution in [1.82, 2.24) is 9.78 Å². The lowest BCUT2D eigenvalue weighted by Gasteiger charge is -2.17. The average Bonchev–Trinajstić information content (AvgIpc) is 2.98. The van der Waals surface area contributed by atoms with Gasteiger partial charge in [-0.1, -0.05) is 38.5 Å². The Morgan fingerprint density at radius 3 is 2.46 bits per heavy atom. The van der Waals surface area contributed by atoms with Crippen molar-refractivity contribution in [2.45, 2.75) is 49.8 Å². The zero-order chi connectivity index (χ0) is 17.7. The van der Waals surface area contributed by atoms with Gasteiger partial charge < -0.3 is 5.11 Å². The summed E-state index contributed by atoms with van der Waals surface area (Å²) in [7, 11) is -3.62. The number of hydrogen-bond acceptors (Lipinski definition) is 4. The summed E-state index contributed by atoms with van der Waals surface area (Å²) in [4.78, 5) is 11.5. The maximum absolute atomic E-state index is 13.0. The molecule has 1 aromatic carbocycles. The lowest BCUT2D eigenvalue weighted by molar-refractivity contribution is 0.0689. The molecule has 0 aliphatic carbocycles. The average molecular weight is 350 g/mol. The molecule has 130 valence electrons. The Labute approximate surface area is 142 Å². The fraction of sp³-hybridized carbons (Fsp3) is 0.412. The number of carbonyl (C=O) groups is 1. The number of rotatable bonds is 8. The summed E-state index contributed by atoms with van der Waals surface area (Å²) in [6, 6.07) is 9.61. The number of nitrogens with zero attached hydrogens (tertiary/aromatic N) is 2. The van der Waals surface area contributed by atoms with Crippen LogP contribution in [0.3, 0.4) is 0 Å². The quantitative estimate of drug-likeness (QED) is 0.789. The van der Waals surface area contributed by atoms with Gasteiger partial charge in [0, 0.05) is 6.54 Å². The molecule has 0 aliphatic heterocycles. The number of benzene rings is 1. The third-order valence-corrected chi connectivity index (χ3v) is 6.15. The maximum Gasteiger partial charge on any atom is 0.356 e. The molecule has 0 amide bonds. The normalized spacial score (nSPS) is 12.9. The molecule has 1 heterocycles. The van der Waals surface area contributed by atoms with Crippen molar-refractivity contribution in [3.05, 3.63) is 47.8 Å². The second kappa shape index (κ2) is 7.61. The van der Waals surface area contributed by atoms with Crippen LogP contribution in [0.25, 0.3) is 0 Å². The summed E-state index contributed by atoms with van der Waals surface area (Å²) in [5.74, 6) is -1.15. The third kappa shape index (κ3) is 3.67. The van der Waals surface area contributed by atoms with Crippen molar-refractivity contribution < 1.29 is 18.3 Å². The molecule has 7 heteroatoms. The molecular weight excluding hydrogens is 328 g/mol. The van der Waals surface area contributed by atoms with Crippen LogP contribution in [-0.2, 0) is 16.4 Å². The fourth-order valence-electron chi connectivity index (χ4n) is 2.64. The summed E-state index contributed by atoms with van der Waals surface area (Å²) >= 11 is 0. The molecular formula is C17H22N2O4S. The highest BCUT2D eigenvalue weighted by Gasteiger charge is 2.31. The molecule has 0 spiro atoms. The minimum atomic E-state index is -3.62. The first-order chi connectivity index (χ1) is 11.4. The highest BCUT2D eigenvalue weighted by atomic mass is 32.2. The van der Waals surface area contributed by atoms with Gasteiger partial charge in [-0.25, -0.2) is 13.2 Å². The third-order valence-electron chi connectivity index (χ3n) is 3.90. The molecule has 0 saturated heterocycles. The van der Waals surface area contributed by atoms with Gasteiger partial charge in [0.25, 0.3) is 0 Å². The van der Waals surface area contributed by atoms with Gasteiger partial charge in [0.1, 0.15) is 5.25 Å². The van der Waals surface area contributed by atoms with Crippen molar-refractivity contribution in [3.8, 4) is 0 Å². The highest BCUT2D eigenvalue weighted by Crippen LogP contribution is 2.32. The van der Waals surface area contributed by atoms with E-state index in [9.17, 15) is 18.3 Å². The van der Waals surface area contributed by atoms with Crippen LogP contribution in [0, 0.1) is 0 Å². The molecule has 2 aromatic rings. The molecule has 0 saturated carbocycles. The number of aromatic nitrogens is 2. The first-order valence-electron chi connectivity index (χ1n) is 8.01. The van der Waals surface area contributed by atoms with Crippen LogP contribution in [0.2, 0.25) is 0 Å². The van der Waals surface area contributed by atoms with Gasteiger partial charge in [-0.2, -0.15) is 5.10 Å². The minimum Gasteiger partial charge on any atom is -0.476 e. The first kappa shape index (κ1) is 18.2. The second-order valence-electron chi connectivity index (χ2n) is 5.59. The van der Waals surface area contributed by atoms with Crippen molar-refractivity contribution in [3.63, 3.8) is 0 Å². The summed E-state index contributed by atoms with van der Waals surface area (Å²) in [6.07, 6.45) is 2.05. The Morgan fingerprint density at radius 1 is 1.25 bits per heavy atom. The number of aryl methyl sites for hydroxylation is 1. The van der Waals surface area contributed by atoms with E-state index in [0.29, 0.717) is 18.7 Å². The van der Waals surface area contributed by atoms with E-state index in [0.717, 1.165) is 12.8 Å². The number of hydrogen-bond donors (Lipinski definition) is 1. The standard InChI is InChI=1S/C17H22N2O4S/c1-3-5-11-19-15(12-14(18-19)17(20)21)16(4-2)24(22,23)13-9-7-6-8-10-13/h6-10,12,16H,3-5,11H2,1-2H3,(H,20,21). The van der Waals surface area contributed by atoms with Crippen molar-refractivity contribution in [2.24, 2.45) is 0 Å². The Hall–Kier alpha value is -2.15. The van der Waals surface area contributed by atoms with Gasteiger partial charge in [0.2, 0.25) is 0 Å². The minimum absolute atomic E-state index is 0.122. The van der Waals surface area contributed by atoms with Gasteiger partial charge in [-0.3, -0.25) is 4.68 Å². The Morgan fingerprint density at radius 2 is 1.92 bits per heavy atom. The monoisotopic (exact) mass is 350 g/mol. The van der Waals surface area contributed by atoms with Crippen molar-refractivity contribution in [1.29, 1.82) is 0 Å². The first-order valence-corrected chi connectivity index (χ1v) is 9.56. The fourth-order valence-corrected chi connectivity index (χ4v) is 4.46. The van der Waals surface area contributed by atoms with E-state index in [1.807, 2.05) is 6.92 Å². The number of unbranched alkanes of at least 4 members (excludes halogenated alkanes) is 1. The van der Waals surface area contributed by atoms with Gasteiger partial charge in [0.15, 0.2) is 15.5 Å². The SMILES string of the molecule is CCCCn1nc(C(=O)O)cc1C(CC)S(=O)(=O)c1ccccc1. The van der Waals surface area contributed by atoms with Gasteiger partial charge in [-0.05, 0) is 31.0 Å². The maximum atomic E-state index is 13.0. The Balaban J connectivity index is 2.52. The van der Waals surface area contributed by atoms with E-state index in [1.54, 1.807) is 37.3 Å². The van der Waals surface area contributed by atoms with Gasteiger partial charge >= 0.3 is 5.97 Å². The van der Waals surface area contributed by atoms with E-state index in [2.05, 4.69) is 5.10 Å². The van der Waals surface area contributed by atoms with Gasteiger partial charge in [0.05, 0.1) is 10.6 Å². The molecule has 1 unspecified atom stereocenters. The summed E-state index contributed by atoms with van der Waals surface area (Å²) in [5.41, 5.74) is 0.315. The van der Waals surface area contributed by atoms with E-state index in [1.165, 1.54) is 10.7 Å². The van der Waals surface area contributed by atoms with E-state index in [-0.39, 0.29) is 10.6 Å². The topological polar surface area (TPSA) is 89.3 Å². The van der Waals surface area contributed by atoms with E-state index in [4.69, 9.17) is 0 Å². The molecule has 6 nitrogen and oxygen atoms in total. The van der Waals surface area contributed by atoms with Crippen LogP contribution in [0.5, 0.6) is 0 Å². The largest absolute Gasteiger partial charge is 0.476 e. The van der Waals surface area contributed by atoms with E-state index >= 15 is 0 Å². The predicted molar refractivity (Wildman–Crippen MR) is 90.8 cm³/mol. The molecule has 24 heavy (non-hydrogen) atoms. The number of carboxylic acid groups (broad SMARTS) is 1. The Kier molecular flexibility index (Phi) is 5.77. The zero-order valence-electron chi connectivity index (χ0n) is 13.8. The molecule has 1 N–H and O–H groups in total. The van der Waals surface area contributed by atoms with Crippen LogP contribution < -0.4 is 0 Å². The van der Waals surface area contributed by atoms with Crippen molar-refractivity contribution >= 4 is 15.8 Å². The lowest BCUT2D eigenvalue weighted by Crippen LogP contribution is -2.18. The molecule has 2 rings (SSSR count). The molecule has 1 aromatic heterocycles. The molecule has 0 bridgehead atoms. The molecule has 0 fully saturated rings. The van der Waals surface area contributed by atoms with Crippen LogP contribution in [0.1, 0.15) is 54.5 Å². The smallest absolute Gasteiger partial charge is 0.356 e. The highest BCUT2D eigenvalue weighted by molar-refractivity contribution is 7.91. The number of aromatic carboxylic acids is 1. The lowest BCUT2D eigenvalue weighted by atomic mass is 10.2. The van der Waals surface area contributed by atoms with Crippen LogP contribution >= 0.6 is 0 Å². The second-order valence-corrected chi connectivity index (χ2v) is 7.72. The van der Waals surface area contributed by atoms with Crippen LogP contribution in [-0.4, -0.2) is 29.3 Å². The van der Waals surface area contributed by atoms with Gasteiger partial charge in [-0.15, -0.1) is 0 Å². The summed E-state index contributed by atoms with van der Waals surface area (Å²) < 4.78 is 27.5.